The highest BCUT2D eigenvalue weighted by atomic mass is 16.4. The molecule has 11 nitrogen and oxygen atoms in total. The average molecular weight is 407 g/mol. The van der Waals surface area contributed by atoms with Crippen LogP contribution in [0.3, 0.4) is 0 Å². The Labute approximate surface area is 168 Å². The fourth-order valence-corrected chi connectivity index (χ4v) is 2.53. The number of rotatable bonds is 12. The molecule has 2 amide bonds. The molecule has 11 heteroatoms. The predicted molar refractivity (Wildman–Crippen MR) is 108 cm³/mol. The smallest absolute Gasteiger partial charge is 0.327 e. The van der Waals surface area contributed by atoms with Crippen molar-refractivity contribution < 1.29 is 19.5 Å². The molecule has 11 N–H and O–H groups in total. The van der Waals surface area contributed by atoms with Crippen molar-refractivity contribution in [2.45, 2.75) is 37.4 Å². The molecule has 29 heavy (non-hydrogen) atoms. The van der Waals surface area contributed by atoms with E-state index in [0.29, 0.717) is 13.0 Å². The van der Waals surface area contributed by atoms with E-state index in [0.717, 1.165) is 5.56 Å². The first-order chi connectivity index (χ1) is 13.7. The van der Waals surface area contributed by atoms with Crippen LogP contribution >= 0.6 is 0 Å². The van der Waals surface area contributed by atoms with Crippen LogP contribution < -0.4 is 33.2 Å². The summed E-state index contributed by atoms with van der Waals surface area (Å²) >= 11 is 0. The molecule has 0 fully saturated rings. The Morgan fingerprint density at radius 3 is 2.24 bits per heavy atom. The van der Waals surface area contributed by atoms with E-state index in [4.69, 9.17) is 27.7 Å². The Morgan fingerprint density at radius 1 is 1.07 bits per heavy atom. The van der Waals surface area contributed by atoms with Gasteiger partial charge in [0.25, 0.3) is 0 Å². The van der Waals surface area contributed by atoms with Crippen LogP contribution in [-0.2, 0) is 20.8 Å². The zero-order chi connectivity index (χ0) is 21.8. The van der Waals surface area contributed by atoms with Gasteiger partial charge in [-0.1, -0.05) is 30.3 Å². The third-order valence-corrected chi connectivity index (χ3v) is 4.10. The molecule has 1 aromatic carbocycles. The van der Waals surface area contributed by atoms with Gasteiger partial charge in [-0.3, -0.25) is 15.0 Å². The quantitative estimate of drug-likeness (QED) is 0.108. The number of carbonyl (C=O) groups excluding carboxylic acids is 2. The number of hydrogen-bond acceptors (Lipinski definition) is 6. The maximum atomic E-state index is 12.5. The first-order valence-corrected chi connectivity index (χ1v) is 9.15. The highest BCUT2D eigenvalue weighted by Crippen LogP contribution is 2.04. The Balaban J connectivity index is 2.74. The van der Waals surface area contributed by atoms with E-state index in [1.807, 2.05) is 30.3 Å². The van der Waals surface area contributed by atoms with Gasteiger partial charge in [0.2, 0.25) is 11.8 Å². The minimum atomic E-state index is -1.27. The van der Waals surface area contributed by atoms with Crippen LogP contribution in [0.2, 0.25) is 0 Å². The van der Waals surface area contributed by atoms with E-state index in [9.17, 15) is 14.4 Å². The lowest BCUT2D eigenvalue weighted by molar-refractivity contribution is -0.142. The number of carbonyl (C=O) groups is 3. The van der Waals surface area contributed by atoms with Crippen molar-refractivity contribution in [2.75, 3.05) is 13.1 Å². The fraction of sp³-hybridized carbons (Fsp3) is 0.444. The second-order valence-electron chi connectivity index (χ2n) is 6.48. The summed E-state index contributed by atoms with van der Waals surface area (Å²) in [5, 5.41) is 23.7. The van der Waals surface area contributed by atoms with Crippen molar-refractivity contribution in [3.63, 3.8) is 0 Å². The largest absolute Gasteiger partial charge is 0.480 e. The standard InChI is InChI=1S/C18H29N7O4/c19-10-14(17(28)29)25-16(27)13(7-4-8-23-18(21)22)24-15(26)12(20)9-11-5-2-1-3-6-11/h1-3,5-6,12-14H,4,7-10,19-20H2,(H,24,26)(H,25,27)(H,28,29)(H4,21,22,23)/t12-,13-,14-/m0/s1. The second-order valence-corrected chi connectivity index (χ2v) is 6.48. The number of carboxylic acid groups (broad SMARTS) is 1. The van der Waals surface area contributed by atoms with Crippen molar-refractivity contribution in [3.8, 4) is 0 Å². The number of aliphatic carboxylic acids is 1. The third kappa shape index (κ3) is 9.04. The molecule has 0 aromatic heterocycles. The molecular formula is C18H29N7O4. The molecule has 0 radical (unpaired) electrons. The van der Waals surface area contributed by atoms with E-state index in [-0.39, 0.29) is 25.3 Å². The van der Waals surface area contributed by atoms with E-state index in [2.05, 4.69) is 16.0 Å². The number of hydrogen-bond donors (Lipinski definition) is 8. The summed E-state index contributed by atoms with van der Waals surface area (Å²) in [5.74, 6) is -2.70. The molecule has 0 bridgehead atoms. The van der Waals surface area contributed by atoms with E-state index in [1.54, 1.807) is 0 Å². The summed E-state index contributed by atoms with van der Waals surface area (Å²) in [4.78, 5) is 36.1. The number of amides is 2. The number of guanidine groups is 1. The van der Waals surface area contributed by atoms with Gasteiger partial charge in [-0.2, -0.15) is 0 Å². The number of carboxylic acids is 1. The Bertz CT molecular complexity index is 699. The summed E-state index contributed by atoms with van der Waals surface area (Å²) in [6.45, 7) is 0.0193. The van der Waals surface area contributed by atoms with Gasteiger partial charge < -0.3 is 38.3 Å². The van der Waals surface area contributed by atoms with Crippen molar-refractivity contribution in [3.05, 3.63) is 35.9 Å². The summed E-state index contributed by atoms with van der Waals surface area (Å²) in [7, 11) is 0. The van der Waals surface area contributed by atoms with Gasteiger partial charge in [0.1, 0.15) is 12.1 Å². The molecule has 0 saturated carbocycles. The minimum Gasteiger partial charge on any atom is -0.480 e. The molecule has 3 atom stereocenters. The van der Waals surface area contributed by atoms with Crippen LogP contribution in [0, 0.1) is 5.41 Å². The van der Waals surface area contributed by atoms with Crippen LogP contribution in [0.5, 0.6) is 0 Å². The maximum absolute atomic E-state index is 12.5. The molecule has 0 spiro atoms. The van der Waals surface area contributed by atoms with E-state index in [1.165, 1.54) is 0 Å². The number of nitrogens with two attached hydrogens (primary N) is 3. The van der Waals surface area contributed by atoms with Crippen LogP contribution in [-0.4, -0.2) is 60.1 Å². The Kier molecular flexibility index (Phi) is 10.1. The average Bonchev–Trinajstić information content (AvgIpc) is 2.68. The summed E-state index contributed by atoms with van der Waals surface area (Å²) < 4.78 is 0. The Hall–Kier alpha value is -3.18. The fourth-order valence-electron chi connectivity index (χ4n) is 2.53. The zero-order valence-corrected chi connectivity index (χ0v) is 16.1. The molecule has 0 aliphatic rings. The van der Waals surface area contributed by atoms with E-state index < -0.39 is 35.9 Å². The first-order valence-electron chi connectivity index (χ1n) is 9.15. The topological polar surface area (TPSA) is 209 Å². The van der Waals surface area contributed by atoms with Crippen molar-refractivity contribution in [2.24, 2.45) is 17.2 Å². The predicted octanol–water partition coefficient (Wildman–Crippen LogP) is -2.17. The van der Waals surface area contributed by atoms with Gasteiger partial charge in [0.15, 0.2) is 5.96 Å². The second kappa shape index (κ2) is 12.3. The van der Waals surface area contributed by atoms with Gasteiger partial charge >= 0.3 is 5.97 Å². The summed E-state index contributed by atoms with van der Waals surface area (Å²) in [6.07, 6.45) is 0.868. The maximum Gasteiger partial charge on any atom is 0.327 e. The number of benzene rings is 1. The molecule has 0 heterocycles. The number of nitrogens with one attached hydrogen (secondary N) is 4. The van der Waals surface area contributed by atoms with Crippen LogP contribution in [0.25, 0.3) is 0 Å². The molecule has 1 rings (SSSR count). The minimum absolute atomic E-state index is 0.187. The molecule has 0 saturated heterocycles. The lowest BCUT2D eigenvalue weighted by Crippen LogP contribution is -2.56. The van der Waals surface area contributed by atoms with Gasteiger partial charge in [-0.15, -0.1) is 0 Å². The van der Waals surface area contributed by atoms with Gasteiger partial charge in [0, 0.05) is 13.1 Å². The van der Waals surface area contributed by atoms with Gasteiger partial charge in [-0.05, 0) is 24.8 Å². The van der Waals surface area contributed by atoms with Crippen LogP contribution in [0.4, 0.5) is 0 Å². The zero-order valence-electron chi connectivity index (χ0n) is 16.1. The van der Waals surface area contributed by atoms with Gasteiger partial charge in [-0.25, -0.2) is 4.79 Å². The molecule has 0 unspecified atom stereocenters. The summed E-state index contributed by atoms with van der Waals surface area (Å²) in [6, 6.07) is 6.02. The lowest BCUT2D eigenvalue weighted by Gasteiger charge is -2.22. The molecule has 0 aliphatic heterocycles. The van der Waals surface area contributed by atoms with Crippen LogP contribution in [0.15, 0.2) is 30.3 Å². The van der Waals surface area contributed by atoms with Crippen molar-refractivity contribution >= 4 is 23.7 Å². The molecule has 160 valence electrons. The van der Waals surface area contributed by atoms with Crippen LogP contribution in [0.1, 0.15) is 18.4 Å². The van der Waals surface area contributed by atoms with E-state index >= 15 is 0 Å². The Morgan fingerprint density at radius 2 is 1.69 bits per heavy atom. The highest BCUT2D eigenvalue weighted by Gasteiger charge is 2.27. The highest BCUT2D eigenvalue weighted by molar-refractivity contribution is 5.91. The summed E-state index contributed by atoms with van der Waals surface area (Å²) in [5.41, 5.74) is 17.4. The van der Waals surface area contributed by atoms with Crippen molar-refractivity contribution in [1.82, 2.24) is 16.0 Å². The normalized spacial score (nSPS) is 13.6. The lowest BCUT2D eigenvalue weighted by atomic mass is 10.0. The monoisotopic (exact) mass is 407 g/mol. The third-order valence-electron chi connectivity index (χ3n) is 4.10. The molecular weight excluding hydrogens is 378 g/mol. The molecule has 0 aliphatic carbocycles. The van der Waals surface area contributed by atoms with Crippen molar-refractivity contribution in [1.29, 1.82) is 5.41 Å². The molecule has 1 aromatic rings. The SMILES string of the molecule is N=C(N)NCCC[C@H](NC(=O)[C@@H](N)Cc1ccccc1)C(=O)N[C@@H](CN)C(=O)O. The van der Waals surface area contributed by atoms with Gasteiger partial charge in [0.05, 0.1) is 6.04 Å². The first kappa shape index (κ1) is 23.9.